The van der Waals surface area contributed by atoms with Crippen LogP contribution in [0.15, 0.2) is 48.5 Å². The van der Waals surface area contributed by atoms with Crippen molar-refractivity contribution in [2.45, 2.75) is 31.5 Å². The average Bonchev–Trinajstić information content (AvgIpc) is 2.74. The highest BCUT2D eigenvalue weighted by molar-refractivity contribution is 7.86. The molecule has 0 saturated heterocycles. The Labute approximate surface area is 182 Å². The van der Waals surface area contributed by atoms with Crippen molar-refractivity contribution in [2.75, 3.05) is 32.7 Å². The van der Waals surface area contributed by atoms with Crippen LogP contribution in [0.4, 0.5) is 4.39 Å². The van der Waals surface area contributed by atoms with Gasteiger partial charge in [0, 0.05) is 5.41 Å². The number of ether oxygens (including phenoxy) is 2. The molecule has 2 unspecified atom stereocenters. The van der Waals surface area contributed by atoms with E-state index in [9.17, 15) is 17.9 Å². The van der Waals surface area contributed by atoms with Gasteiger partial charge in [-0.1, -0.05) is 38.1 Å². The molecule has 172 valence electrons. The minimum atomic E-state index is -3.69. The van der Waals surface area contributed by atoms with Gasteiger partial charge in [0.1, 0.15) is 30.8 Å². The van der Waals surface area contributed by atoms with E-state index >= 15 is 0 Å². The van der Waals surface area contributed by atoms with E-state index in [1.807, 2.05) is 24.3 Å². The molecular formula is C22H29FO7S. The summed E-state index contributed by atoms with van der Waals surface area (Å²) in [4.78, 5) is 0. The first-order chi connectivity index (χ1) is 14.5. The van der Waals surface area contributed by atoms with Crippen LogP contribution in [-0.4, -0.2) is 63.6 Å². The Bertz CT molecular complexity index is 912. The van der Waals surface area contributed by atoms with Crippen molar-refractivity contribution in [2.24, 2.45) is 0 Å². The van der Waals surface area contributed by atoms with E-state index in [4.69, 9.17) is 18.8 Å². The molecule has 0 radical (unpaired) electrons. The summed E-state index contributed by atoms with van der Waals surface area (Å²) in [6.45, 7) is 2.75. The minimum absolute atomic E-state index is 0.107. The average molecular weight is 457 g/mol. The minimum Gasteiger partial charge on any atom is -0.491 e. The molecule has 9 heteroatoms. The zero-order valence-corrected chi connectivity index (χ0v) is 18.6. The molecule has 0 amide bonds. The van der Waals surface area contributed by atoms with Crippen LogP contribution in [0.5, 0.6) is 11.5 Å². The van der Waals surface area contributed by atoms with Crippen LogP contribution < -0.4 is 9.47 Å². The Morgan fingerprint density at radius 2 is 1.32 bits per heavy atom. The summed E-state index contributed by atoms with van der Waals surface area (Å²) in [7, 11) is -3.69. The van der Waals surface area contributed by atoms with Gasteiger partial charge in [-0.2, -0.15) is 8.42 Å². The quantitative estimate of drug-likeness (QED) is 0.473. The van der Waals surface area contributed by atoms with Crippen LogP contribution in [0.25, 0.3) is 0 Å². The maximum atomic E-state index is 13.1. The second-order valence-corrected chi connectivity index (χ2v) is 9.28. The zero-order chi connectivity index (χ0) is 23.1. The number of hydrogen-bond acceptors (Lipinski definition) is 7. The number of rotatable bonds is 12. The van der Waals surface area contributed by atoms with Crippen LogP contribution in [0, 0.1) is 0 Å². The number of alkyl halides is 1. The van der Waals surface area contributed by atoms with Crippen LogP contribution in [0.1, 0.15) is 25.0 Å². The van der Waals surface area contributed by atoms with Crippen LogP contribution in [0.2, 0.25) is 0 Å². The maximum Gasteiger partial charge on any atom is 0.264 e. The molecule has 2 aromatic rings. The fraction of sp³-hybridized carbons (Fsp3) is 0.455. The molecule has 0 aliphatic heterocycles. The molecule has 0 heterocycles. The predicted molar refractivity (Wildman–Crippen MR) is 115 cm³/mol. The van der Waals surface area contributed by atoms with Crippen molar-refractivity contribution in [3.8, 4) is 11.5 Å². The molecule has 0 aromatic heterocycles. The van der Waals surface area contributed by atoms with Gasteiger partial charge < -0.3 is 19.7 Å². The summed E-state index contributed by atoms with van der Waals surface area (Å²) in [5, 5.41) is 18.0. The highest BCUT2D eigenvalue weighted by atomic mass is 32.2. The van der Waals surface area contributed by atoms with E-state index in [1.54, 1.807) is 24.3 Å². The fourth-order valence-corrected chi connectivity index (χ4v) is 3.50. The van der Waals surface area contributed by atoms with E-state index in [1.165, 1.54) is 0 Å². The van der Waals surface area contributed by atoms with Gasteiger partial charge in [-0.3, -0.25) is 4.18 Å². The number of aliphatic hydroxyl groups is 2. The van der Waals surface area contributed by atoms with Crippen molar-refractivity contribution < 1.29 is 36.7 Å². The van der Waals surface area contributed by atoms with E-state index in [-0.39, 0.29) is 18.6 Å². The third kappa shape index (κ3) is 7.77. The third-order valence-electron chi connectivity index (χ3n) is 4.73. The Balaban J connectivity index is 2.02. The lowest BCUT2D eigenvalue weighted by atomic mass is 9.78. The molecule has 0 fully saturated rings. The number of halogens is 1. The highest BCUT2D eigenvalue weighted by Crippen LogP contribution is 2.33. The van der Waals surface area contributed by atoms with E-state index in [0.29, 0.717) is 11.5 Å². The van der Waals surface area contributed by atoms with Crippen molar-refractivity contribution >= 4 is 10.1 Å². The summed E-state index contributed by atoms with van der Waals surface area (Å²) in [5.74, 6) is 1.04. The first-order valence-corrected chi connectivity index (χ1v) is 11.6. The Hall–Kier alpha value is -2.20. The normalized spacial score (nSPS) is 14.1. The van der Waals surface area contributed by atoms with Crippen molar-refractivity contribution in [1.82, 2.24) is 0 Å². The molecule has 0 aliphatic carbocycles. The summed E-state index contributed by atoms with van der Waals surface area (Å²) >= 11 is 0. The van der Waals surface area contributed by atoms with E-state index < -0.39 is 35.6 Å². The molecule has 2 rings (SSSR count). The molecular weight excluding hydrogens is 427 g/mol. The number of aliphatic hydroxyl groups excluding tert-OH is 2. The molecule has 2 N–H and O–H groups in total. The Kier molecular flexibility index (Phi) is 8.81. The summed E-state index contributed by atoms with van der Waals surface area (Å²) < 4.78 is 51.1. The smallest absolute Gasteiger partial charge is 0.264 e. The second-order valence-electron chi connectivity index (χ2n) is 7.68. The molecule has 2 atom stereocenters. The van der Waals surface area contributed by atoms with Gasteiger partial charge in [0.05, 0.1) is 19.5 Å². The number of benzene rings is 2. The zero-order valence-electron chi connectivity index (χ0n) is 17.8. The molecule has 0 saturated carbocycles. The maximum absolute atomic E-state index is 13.1. The predicted octanol–water partition coefficient (Wildman–Crippen LogP) is 2.44. The summed E-state index contributed by atoms with van der Waals surface area (Å²) in [6, 6.07) is 14.7. The van der Waals surface area contributed by atoms with Crippen LogP contribution >= 0.6 is 0 Å². The van der Waals surface area contributed by atoms with Crippen LogP contribution in [-0.2, 0) is 19.7 Å². The Morgan fingerprint density at radius 3 is 1.71 bits per heavy atom. The van der Waals surface area contributed by atoms with Gasteiger partial charge in [-0.25, -0.2) is 4.39 Å². The van der Waals surface area contributed by atoms with E-state index in [0.717, 1.165) is 17.4 Å². The Morgan fingerprint density at radius 1 is 0.871 bits per heavy atom. The molecule has 2 aromatic carbocycles. The molecule has 0 aliphatic rings. The topological polar surface area (TPSA) is 102 Å². The first-order valence-electron chi connectivity index (χ1n) is 9.76. The monoisotopic (exact) mass is 456 g/mol. The van der Waals surface area contributed by atoms with Crippen molar-refractivity contribution in [3.05, 3.63) is 59.7 Å². The largest absolute Gasteiger partial charge is 0.491 e. The third-order valence-corrected chi connectivity index (χ3v) is 5.35. The second kappa shape index (κ2) is 10.9. The van der Waals surface area contributed by atoms with Gasteiger partial charge in [0.15, 0.2) is 6.17 Å². The SMILES string of the molecule is CC(C)(c1ccc(OCC(F)CO)cc1)c1ccc(OCC(CO)OS(C)(=O)=O)cc1. The standard InChI is InChI=1S/C22H29FO7S/c1-22(2,16-4-8-19(9-5-16)28-14-18(23)12-24)17-6-10-20(11-7-17)29-15-21(13-25)30-31(3,26)27/h4-11,18,21,24-25H,12-15H2,1-3H3. The van der Waals surface area contributed by atoms with Gasteiger partial charge in [0.2, 0.25) is 0 Å². The van der Waals surface area contributed by atoms with Crippen LogP contribution in [0.3, 0.4) is 0 Å². The molecule has 7 nitrogen and oxygen atoms in total. The molecule has 31 heavy (non-hydrogen) atoms. The fourth-order valence-electron chi connectivity index (χ4n) is 2.89. The van der Waals surface area contributed by atoms with E-state index in [2.05, 4.69) is 13.8 Å². The van der Waals surface area contributed by atoms with Crippen molar-refractivity contribution in [3.63, 3.8) is 0 Å². The molecule has 0 bridgehead atoms. The first kappa shape index (κ1) is 25.1. The van der Waals surface area contributed by atoms with Crippen molar-refractivity contribution in [1.29, 1.82) is 0 Å². The van der Waals surface area contributed by atoms with Gasteiger partial charge in [0.25, 0.3) is 10.1 Å². The van der Waals surface area contributed by atoms with Gasteiger partial charge in [-0.15, -0.1) is 0 Å². The summed E-state index contributed by atoms with van der Waals surface area (Å²) in [6.07, 6.45) is -1.47. The lowest BCUT2D eigenvalue weighted by Gasteiger charge is -2.26. The number of hydrogen-bond donors (Lipinski definition) is 2. The van der Waals surface area contributed by atoms with Gasteiger partial charge >= 0.3 is 0 Å². The van der Waals surface area contributed by atoms with Gasteiger partial charge in [-0.05, 0) is 35.4 Å². The molecule has 0 spiro atoms. The highest BCUT2D eigenvalue weighted by Gasteiger charge is 2.23. The summed E-state index contributed by atoms with van der Waals surface area (Å²) in [5.41, 5.74) is 1.70. The lowest BCUT2D eigenvalue weighted by Crippen LogP contribution is -2.28. The lowest BCUT2D eigenvalue weighted by molar-refractivity contribution is 0.0773.